The topological polar surface area (TPSA) is 25.8 Å². The molecule has 0 spiro atoms. The Morgan fingerprint density at radius 2 is 1.85 bits per heavy atom. The Labute approximate surface area is 127 Å². The van der Waals surface area contributed by atoms with Crippen LogP contribution in [0.2, 0.25) is 5.15 Å². The summed E-state index contributed by atoms with van der Waals surface area (Å²) in [6.07, 6.45) is 0.720. The van der Waals surface area contributed by atoms with E-state index in [0.29, 0.717) is 5.15 Å². The van der Waals surface area contributed by atoms with Crippen LogP contribution in [0.3, 0.4) is 0 Å². The van der Waals surface area contributed by atoms with E-state index in [0.717, 1.165) is 29.1 Å². The monoisotopic (exact) mass is 300 g/mol. The molecular weight excluding hydrogens is 288 g/mol. The summed E-state index contributed by atoms with van der Waals surface area (Å²) in [4.78, 5) is 10.3. The Kier molecular flexibility index (Phi) is 3.81. The third-order valence-corrected chi connectivity index (χ3v) is 4.34. The van der Waals surface area contributed by atoms with Gasteiger partial charge in [0, 0.05) is 22.4 Å². The smallest absolute Gasteiger partial charge is 0.136 e. The van der Waals surface area contributed by atoms with Crippen LogP contribution in [0.4, 0.5) is 0 Å². The minimum Gasteiger partial charge on any atom is -0.232 e. The first-order valence-electron chi connectivity index (χ1n) is 6.35. The summed E-state index contributed by atoms with van der Waals surface area (Å²) < 4.78 is 0. The van der Waals surface area contributed by atoms with Crippen LogP contribution in [0.15, 0.2) is 47.8 Å². The SMILES string of the molecule is Cc1c(Cl)nc(Cc2cccs2)nc1-c1ccccc1. The van der Waals surface area contributed by atoms with Crippen LogP contribution in [0.1, 0.15) is 16.3 Å². The van der Waals surface area contributed by atoms with E-state index in [1.807, 2.05) is 43.3 Å². The lowest BCUT2D eigenvalue weighted by molar-refractivity contribution is 0.972. The van der Waals surface area contributed by atoms with Gasteiger partial charge in [0.1, 0.15) is 11.0 Å². The second-order valence-corrected chi connectivity index (χ2v) is 5.92. The maximum atomic E-state index is 6.26. The van der Waals surface area contributed by atoms with Crippen molar-refractivity contribution in [2.24, 2.45) is 0 Å². The Morgan fingerprint density at radius 3 is 2.55 bits per heavy atom. The molecule has 1 aromatic carbocycles. The molecule has 0 amide bonds. The number of aromatic nitrogens is 2. The second kappa shape index (κ2) is 5.73. The molecule has 0 N–H and O–H groups in total. The van der Waals surface area contributed by atoms with Crippen molar-refractivity contribution in [3.63, 3.8) is 0 Å². The fourth-order valence-corrected chi connectivity index (χ4v) is 2.95. The highest BCUT2D eigenvalue weighted by molar-refractivity contribution is 7.09. The summed E-state index contributed by atoms with van der Waals surface area (Å²) in [6.45, 7) is 1.96. The van der Waals surface area contributed by atoms with Crippen molar-refractivity contribution in [3.05, 3.63) is 69.3 Å². The highest BCUT2D eigenvalue weighted by Gasteiger charge is 2.11. The maximum Gasteiger partial charge on any atom is 0.136 e. The molecule has 0 unspecified atom stereocenters. The fraction of sp³-hybridized carbons (Fsp3) is 0.125. The number of hydrogen-bond acceptors (Lipinski definition) is 3. The van der Waals surface area contributed by atoms with E-state index in [1.54, 1.807) is 11.3 Å². The first-order valence-corrected chi connectivity index (χ1v) is 7.60. The summed E-state index contributed by atoms with van der Waals surface area (Å²) in [5, 5.41) is 2.59. The fourth-order valence-electron chi connectivity index (χ4n) is 2.06. The highest BCUT2D eigenvalue weighted by atomic mass is 35.5. The molecule has 0 aliphatic rings. The van der Waals surface area contributed by atoms with E-state index in [1.165, 1.54) is 4.88 Å². The Balaban J connectivity index is 2.04. The van der Waals surface area contributed by atoms with Crippen molar-refractivity contribution >= 4 is 22.9 Å². The van der Waals surface area contributed by atoms with E-state index < -0.39 is 0 Å². The van der Waals surface area contributed by atoms with Crippen LogP contribution in [-0.4, -0.2) is 9.97 Å². The number of halogens is 1. The van der Waals surface area contributed by atoms with Gasteiger partial charge in [-0.15, -0.1) is 11.3 Å². The molecule has 2 aromatic heterocycles. The molecule has 0 bridgehead atoms. The number of nitrogens with zero attached hydrogens (tertiary/aromatic N) is 2. The van der Waals surface area contributed by atoms with E-state index in [9.17, 15) is 0 Å². The second-order valence-electron chi connectivity index (χ2n) is 4.53. The molecule has 0 saturated carbocycles. The van der Waals surface area contributed by atoms with Gasteiger partial charge in [-0.05, 0) is 18.4 Å². The summed E-state index contributed by atoms with van der Waals surface area (Å²) in [6, 6.07) is 14.2. The average molecular weight is 301 g/mol. The van der Waals surface area contributed by atoms with Crippen LogP contribution < -0.4 is 0 Å². The molecule has 0 radical (unpaired) electrons. The van der Waals surface area contributed by atoms with Crippen molar-refractivity contribution < 1.29 is 0 Å². The maximum absolute atomic E-state index is 6.26. The molecule has 4 heteroatoms. The molecule has 0 aliphatic heterocycles. The van der Waals surface area contributed by atoms with Gasteiger partial charge in [-0.3, -0.25) is 0 Å². The van der Waals surface area contributed by atoms with Crippen molar-refractivity contribution in [1.29, 1.82) is 0 Å². The van der Waals surface area contributed by atoms with Gasteiger partial charge in [-0.2, -0.15) is 0 Å². The zero-order chi connectivity index (χ0) is 13.9. The van der Waals surface area contributed by atoms with Crippen LogP contribution in [0, 0.1) is 6.92 Å². The third-order valence-electron chi connectivity index (χ3n) is 3.09. The molecule has 3 aromatic rings. The van der Waals surface area contributed by atoms with Crippen LogP contribution in [0.5, 0.6) is 0 Å². The van der Waals surface area contributed by atoms with Gasteiger partial charge >= 0.3 is 0 Å². The first-order chi connectivity index (χ1) is 9.74. The van der Waals surface area contributed by atoms with Gasteiger partial charge in [0.2, 0.25) is 0 Å². The van der Waals surface area contributed by atoms with E-state index >= 15 is 0 Å². The zero-order valence-corrected chi connectivity index (χ0v) is 12.6. The molecule has 0 aliphatic carbocycles. The Bertz CT molecular complexity index is 709. The molecule has 0 atom stereocenters. The Morgan fingerprint density at radius 1 is 1.05 bits per heavy atom. The number of hydrogen-bond donors (Lipinski definition) is 0. The van der Waals surface area contributed by atoms with E-state index in [2.05, 4.69) is 21.4 Å². The van der Waals surface area contributed by atoms with Gasteiger partial charge < -0.3 is 0 Å². The quantitative estimate of drug-likeness (QED) is 0.652. The van der Waals surface area contributed by atoms with Crippen LogP contribution >= 0.6 is 22.9 Å². The minimum absolute atomic E-state index is 0.533. The van der Waals surface area contributed by atoms with Crippen LogP contribution in [0.25, 0.3) is 11.3 Å². The molecule has 3 rings (SSSR count). The van der Waals surface area contributed by atoms with Crippen molar-refractivity contribution in [1.82, 2.24) is 9.97 Å². The average Bonchev–Trinajstić information content (AvgIpc) is 2.96. The summed E-state index contributed by atoms with van der Waals surface area (Å²) in [5.74, 6) is 0.766. The number of thiophene rings is 1. The lowest BCUT2D eigenvalue weighted by Gasteiger charge is -2.09. The first kappa shape index (κ1) is 13.3. The van der Waals surface area contributed by atoms with Crippen LogP contribution in [-0.2, 0) is 6.42 Å². The predicted molar refractivity (Wildman–Crippen MR) is 84.3 cm³/mol. The Hall–Kier alpha value is -1.71. The van der Waals surface area contributed by atoms with Gasteiger partial charge in [0.25, 0.3) is 0 Å². The highest BCUT2D eigenvalue weighted by Crippen LogP contribution is 2.26. The number of rotatable bonds is 3. The van der Waals surface area contributed by atoms with Crippen molar-refractivity contribution in [3.8, 4) is 11.3 Å². The molecule has 2 nitrogen and oxygen atoms in total. The predicted octanol–water partition coefficient (Wildman–Crippen LogP) is 4.76. The molecule has 100 valence electrons. The van der Waals surface area contributed by atoms with Crippen molar-refractivity contribution in [2.75, 3.05) is 0 Å². The summed E-state index contributed by atoms with van der Waals surface area (Å²) in [7, 11) is 0. The molecule has 0 saturated heterocycles. The minimum atomic E-state index is 0.533. The van der Waals surface area contributed by atoms with Gasteiger partial charge in [-0.25, -0.2) is 9.97 Å². The zero-order valence-electron chi connectivity index (χ0n) is 11.0. The van der Waals surface area contributed by atoms with E-state index in [-0.39, 0.29) is 0 Å². The third kappa shape index (κ3) is 2.74. The van der Waals surface area contributed by atoms with E-state index in [4.69, 9.17) is 11.6 Å². The standard InChI is InChI=1S/C16H13ClN2S/c1-11-15(12-6-3-2-4-7-12)18-14(19-16(11)17)10-13-8-5-9-20-13/h2-9H,10H2,1H3. The van der Waals surface area contributed by atoms with Gasteiger partial charge in [0.05, 0.1) is 5.69 Å². The molecular formula is C16H13ClN2S. The normalized spacial score (nSPS) is 10.7. The van der Waals surface area contributed by atoms with Gasteiger partial charge in [0.15, 0.2) is 0 Å². The van der Waals surface area contributed by atoms with Crippen molar-refractivity contribution in [2.45, 2.75) is 13.3 Å². The summed E-state index contributed by atoms with van der Waals surface area (Å²) in [5.41, 5.74) is 2.91. The lowest BCUT2D eigenvalue weighted by Crippen LogP contribution is -2.01. The molecule has 2 heterocycles. The summed E-state index contributed by atoms with van der Waals surface area (Å²) >= 11 is 7.97. The molecule has 0 fully saturated rings. The van der Waals surface area contributed by atoms with Gasteiger partial charge in [-0.1, -0.05) is 48.0 Å². The number of benzene rings is 1. The molecule has 20 heavy (non-hydrogen) atoms. The lowest BCUT2D eigenvalue weighted by atomic mass is 10.1. The largest absolute Gasteiger partial charge is 0.232 e.